The highest BCUT2D eigenvalue weighted by molar-refractivity contribution is 7.72. The van der Waals surface area contributed by atoms with Gasteiger partial charge in [0.1, 0.15) is 6.61 Å². The quantitative estimate of drug-likeness (QED) is 0.350. The fraction of sp³-hybridized carbons (Fsp3) is 0.118. The van der Waals surface area contributed by atoms with Crippen LogP contribution in [0, 0.1) is 11.8 Å². The SMILES string of the molecule is O=C(C#CCNC(=O)c1cncc([SH](=O)=O)c1)OCc1ccccc1. The van der Waals surface area contributed by atoms with Crippen LogP contribution < -0.4 is 5.32 Å². The summed E-state index contributed by atoms with van der Waals surface area (Å²) in [6.07, 6.45) is 2.38. The smallest absolute Gasteiger partial charge is 0.384 e. The molecule has 0 fully saturated rings. The molecule has 1 heterocycles. The molecule has 128 valence electrons. The van der Waals surface area contributed by atoms with Crippen LogP contribution >= 0.6 is 0 Å². The minimum absolute atomic E-state index is 0.0572. The summed E-state index contributed by atoms with van der Waals surface area (Å²) >= 11 is 0. The molecule has 1 amide bonds. The summed E-state index contributed by atoms with van der Waals surface area (Å²) in [5.41, 5.74) is 0.931. The molecule has 1 N–H and O–H groups in total. The largest absolute Gasteiger partial charge is 0.451 e. The maximum Gasteiger partial charge on any atom is 0.384 e. The highest BCUT2D eigenvalue weighted by Gasteiger charge is 2.07. The van der Waals surface area contributed by atoms with E-state index in [-0.39, 0.29) is 23.6 Å². The van der Waals surface area contributed by atoms with Crippen LogP contribution in [0.1, 0.15) is 15.9 Å². The molecule has 0 spiro atoms. The van der Waals surface area contributed by atoms with Gasteiger partial charge < -0.3 is 10.1 Å². The summed E-state index contributed by atoms with van der Waals surface area (Å²) in [6.45, 7) is 0.0273. The molecule has 8 heteroatoms. The van der Waals surface area contributed by atoms with Crippen molar-refractivity contribution in [3.05, 3.63) is 59.9 Å². The number of esters is 1. The number of nitrogens with one attached hydrogen (secondary N) is 1. The van der Waals surface area contributed by atoms with Gasteiger partial charge in [0.25, 0.3) is 5.91 Å². The predicted molar refractivity (Wildman–Crippen MR) is 89.2 cm³/mol. The number of aromatic nitrogens is 1. The lowest BCUT2D eigenvalue weighted by Crippen LogP contribution is -2.24. The van der Waals surface area contributed by atoms with Crippen LogP contribution in [0.15, 0.2) is 53.7 Å². The van der Waals surface area contributed by atoms with Crippen molar-refractivity contribution in [1.82, 2.24) is 10.3 Å². The van der Waals surface area contributed by atoms with Gasteiger partial charge in [-0.05, 0) is 11.6 Å². The first-order chi connectivity index (χ1) is 12.1. The zero-order chi connectivity index (χ0) is 18.1. The Morgan fingerprint density at radius 1 is 1.16 bits per heavy atom. The van der Waals surface area contributed by atoms with Gasteiger partial charge in [-0.3, -0.25) is 9.78 Å². The Hall–Kier alpha value is -3.18. The third kappa shape index (κ3) is 6.08. The second kappa shape index (κ2) is 9.20. The van der Waals surface area contributed by atoms with E-state index in [0.717, 1.165) is 11.8 Å². The Morgan fingerprint density at radius 3 is 2.64 bits per heavy atom. The molecule has 0 atom stereocenters. The number of carbonyl (C=O) groups is 2. The molecule has 0 unspecified atom stereocenters. The van der Waals surface area contributed by atoms with E-state index in [0.29, 0.717) is 0 Å². The molecular formula is C17H14N2O5S. The maximum atomic E-state index is 11.8. The lowest BCUT2D eigenvalue weighted by Gasteiger charge is -2.01. The molecule has 0 aliphatic heterocycles. The number of benzene rings is 1. The van der Waals surface area contributed by atoms with Crippen molar-refractivity contribution in [1.29, 1.82) is 0 Å². The van der Waals surface area contributed by atoms with Crippen molar-refractivity contribution >= 4 is 22.6 Å². The average Bonchev–Trinajstić information content (AvgIpc) is 2.64. The van der Waals surface area contributed by atoms with Gasteiger partial charge in [0.2, 0.25) is 0 Å². The van der Waals surface area contributed by atoms with Crippen LogP contribution in [0.2, 0.25) is 0 Å². The zero-order valence-corrected chi connectivity index (χ0v) is 13.9. The molecule has 0 saturated heterocycles. The van der Waals surface area contributed by atoms with Crippen molar-refractivity contribution in [2.45, 2.75) is 11.5 Å². The molecular weight excluding hydrogens is 344 g/mol. The average molecular weight is 358 g/mol. The van der Waals surface area contributed by atoms with E-state index in [2.05, 4.69) is 22.1 Å². The summed E-state index contributed by atoms with van der Waals surface area (Å²) in [4.78, 5) is 26.9. The Bertz CT molecular complexity index is 890. The van der Waals surface area contributed by atoms with E-state index in [4.69, 9.17) is 4.74 Å². The Balaban J connectivity index is 1.80. The topological polar surface area (TPSA) is 102 Å². The van der Waals surface area contributed by atoms with Crippen LogP contribution in [-0.2, 0) is 26.8 Å². The second-order valence-electron chi connectivity index (χ2n) is 4.74. The Kier molecular flexibility index (Phi) is 6.68. The number of rotatable bonds is 5. The fourth-order valence-corrected chi connectivity index (χ4v) is 2.16. The molecule has 0 saturated carbocycles. The minimum Gasteiger partial charge on any atom is -0.451 e. The normalized spacial score (nSPS) is 9.80. The molecule has 25 heavy (non-hydrogen) atoms. The van der Waals surface area contributed by atoms with Crippen LogP contribution in [0.4, 0.5) is 0 Å². The zero-order valence-electron chi connectivity index (χ0n) is 13.0. The first kappa shape index (κ1) is 18.2. The van der Waals surface area contributed by atoms with Crippen LogP contribution in [0.3, 0.4) is 0 Å². The summed E-state index contributed by atoms with van der Waals surface area (Å²) in [7, 11) is -2.82. The van der Waals surface area contributed by atoms with Crippen molar-refractivity contribution in [3.8, 4) is 11.8 Å². The standard InChI is InChI=1S/C17H14N2O5S/c20-16(24-12-13-5-2-1-3-6-13)7-4-8-19-17(21)14-9-15(25(22)23)11-18-10-14/h1-3,5-6,9-11,25H,8,12H2,(H,19,21). The van der Waals surface area contributed by atoms with Gasteiger partial charge in [0.05, 0.1) is 17.0 Å². The van der Waals surface area contributed by atoms with E-state index in [9.17, 15) is 18.0 Å². The van der Waals surface area contributed by atoms with Gasteiger partial charge in [-0.1, -0.05) is 36.3 Å². The third-order valence-electron chi connectivity index (χ3n) is 2.94. The van der Waals surface area contributed by atoms with Crippen molar-refractivity contribution in [2.24, 2.45) is 0 Å². The van der Waals surface area contributed by atoms with Crippen LogP contribution in [0.25, 0.3) is 0 Å². The number of hydrogen-bond acceptors (Lipinski definition) is 6. The first-order valence-corrected chi connectivity index (χ1v) is 8.31. The molecule has 0 aliphatic carbocycles. The summed E-state index contributed by atoms with van der Waals surface area (Å²) < 4.78 is 26.7. The Morgan fingerprint density at radius 2 is 1.92 bits per heavy atom. The number of ether oxygens (including phenoxy) is 1. The number of amides is 1. The molecule has 0 bridgehead atoms. The van der Waals surface area contributed by atoms with E-state index >= 15 is 0 Å². The number of carbonyl (C=O) groups excluding carboxylic acids is 2. The Labute approximate surface area is 146 Å². The fourth-order valence-electron chi connectivity index (χ4n) is 1.75. The van der Waals surface area contributed by atoms with Crippen molar-refractivity contribution in [2.75, 3.05) is 6.54 Å². The minimum atomic E-state index is -2.82. The molecule has 1 aromatic carbocycles. The van der Waals surface area contributed by atoms with Crippen molar-refractivity contribution < 1.29 is 22.7 Å². The van der Waals surface area contributed by atoms with Gasteiger partial charge in [-0.15, -0.1) is 0 Å². The third-order valence-corrected chi connectivity index (χ3v) is 3.60. The van der Waals surface area contributed by atoms with Gasteiger partial charge in [0, 0.05) is 18.3 Å². The number of hydrogen-bond donors (Lipinski definition) is 2. The predicted octanol–water partition coefficient (Wildman–Crippen LogP) is 0.528. The monoisotopic (exact) mass is 358 g/mol. The van der Waals surface area contributed by atoms with Crippen LogP contribution in [0.5, 0.6) is 0 Å². The maximum absolute atomic E-state index is 11.8. The van der Waals surface area contributed by atoms with Gasteiger partial charge >= 0.3 is 5.97 Å². The molecule has 7 nitrogen and oxygen atoms in total. The highest BCUT2D eigenvalue weighted by Crippen LogP contribution is 2.03. The van der Waals surface area contributed by atoms with Gasteiger partial charge in [-0.2, -0.15) is 0 Å². The van der Waals surface area contributed by atoms with Gasteiger partial charge in [-0.25, -0.2) is 13.2 Å². The number of thiol groups is 1. The van der Waals surface area contributed by atoms with E-state index in [1.54, 1.807) is 0 Å². The van der Waals surface area contributed by atoms with Crippen LogP contribution in [-0.4, -0.2) is 31.8 Å². The van der Waals surface area contributed by atoms with E-state index < -0.39 is 22.6 Å². The molecule has 2 rings (SSSR count). The highest BCUT2D eigenvalue weighted by atomic mass is 32.2. The lowest BCUT2D eigenvalue weighted by molar-refractivity contribution is -0.137. The molecule has 2 aromatic rings. The summed E-state index contributed by atoms with van der Waals surface area (Å²) in [5, 5.41) is 2.44. The van der Waals surface area contributed by atoms with E-state index in [1.165, 1.54) is 12.3 Å². The number of pyridine rings is 1. The summed E-state index contributed by atoms with van der Waals surface area (Å²) in [5.74, 6) is 3.47. The molecule has 1 aromatic heterocycles. The first-order valence-electron chi connectivity index (χ1n) is 7.13. The second-order valence-corrected chi connectivity index (χ2v) is 5.77. The lowest BCUT2D eigenvalue weighted by atomic mass is 10.2. The molecule has 0 aliphatic rings. The van der Waals surface area contributed by atoms with E-state index in [1.807, 2.05) is 30.3 Å². The number of nitrogens with zero attached hydrogens (tertiary/aromatic N) is 1. The van der Waals surface area contributed by atoms with Gasteiger partial charge in [0.15, 0.2) is 10.7 Å². The molecule has 0 radical (unpaired) electrons. The summed E-state index contributed by atoms with van der Waals surface area (Å²) in [6, 6.07) is 10.4. The van der Waals surface area contributed by atoms with Crippen molar-refractivity contribution in [3.63, 3.8) is 0 Å².